The van der Waals surface area contributed by atoms with Crippen LogP contribution in [0.4, 0.5) is 0 Å². The van der Waals surface area contributed by atoms with Crippen LogP contribution < -0.4 is 0 Å². The Morgan fingerprint density at radius 3 is 2.79 bits per heavy atom. The Balaban J connectivity index is 1.77. The van der Waals surface area contributed by atoms with Crippen molar-refractivity contribution in [1.29, 1.82) is 0 Å². The maximum absolute atomic E-state index is 12.3. The van der Waals surface area contributed by atoms with Crippen LogP contribution in [0.15, 0.2) is 12.3 Å². The summed E-state index contributed by atoms with van der Waals surface area (Å²) < 4.78 is 0. The molecule has 2 fully saturated rings. The maximum atomic E-state index is 12.3. The second-order valence-electron chi connectivity index (χ2n) is 5.48. The smallest absolute Gasteiger partial charge is 0.272 e. The van der Waals surface area contributed by atoms with Gasteiger partial charge in [0, 0.05) is 25.2 Å². The summed E-state index contributed by atoms with van der Waals surface area (Å²) in [5, 5.41) is 9.50. The van der Waals surface area contributed by atoms with Gasteiger partial charge in [0.2, 0.25) is 0 Å². The number of hydrogen-bond donors (Lipinski definition) is 1. The van der Waals surface area contributed by atoms with E-state index >= 15 is 0 Å². The standard InChI is InChI=1S/C14H19N3O2/c18-11-6-8-17(9-11)14(19)12-5-7-15-13(16-12)10-3-1-2-4-10/h5,7,10-11,18H,1-4,6,8-9H2/t11-/m1/s1. The van der Waals surface area contributed by atoms with Crippen molar-refractivity contribution in [2.75, 3.05) is 13.1 Å². The van der Waals surface area contributed by atoms with Crippen molar-refractivity contribution < 1.29 is 9.90 Å². The zero-order valence-corrected chi connectivity index (χ0v) is 11.0. The molecule has 1 aliphatic heterocycles. The van der Waals surface area contributed by atoms with Crippen LogP contribution in [0.1, 0.15) is 54.3 Å². The summed E-state index contributed by atoms with van der Waals surface area (Å²) in [7, 11) is 0. The molecule has 1 aromatic rings. The number of β-amino-alcohol motifs (C(OH)–C–C–N with tert-alkyl or cyclic N) is 1. The highest BCUT2D eigenvalue weighted by Gasteiger charge is 2.27. The first kappa shape index (κ1) is 12.5. The fraction of sp³-hybridized carbons (Fsp3) is 0.643. The normalized spacial score (nSPS) is 24.1. The van der Waals surface area contributed by atoms with E-state index in [0.29, 0.717) is 31.1 Å². The summed E-state index contributed by atoms with van der Waals surface area (Å²) >= 11 is 0. The maximum Gasteiger partial charge on any atom is 0.272 e. The van der Waals surface area contributed by atoms with E-state index in [-0.39, 0.29) is 12.0 Å². The minimum atomic E-state index is -0.389. The van der Waals surface area contributed by atoms with Crippen LogP contribution in [0.25, 0.3) is 0 Å². The zero-order chi connectivity index (χ0) is 13.2. The quantitative estimate of drug-likeness (QED) is 0.872. The Kier molecular flexibility index (Phi) is 3.46. The van der Waals surface area contributed by atoms with E-state index in [9.17, 15) is 9.90 Å². The van der Waals surface area contributed by atoms with Gasteiger partial charge < -0.3 is 10.0 Å². The molecular formula is C14H19N3O2. The largest absolute Gasteiger partial charge is 0.391 e. The average molecular weight is 261 g/mol. The van der Waals surface area contributed by atoms with E-state index < -0.39 is 0 Å². The van der Waals surface area contributed by atoms with Crippen LogP contribution >= 0.6 is 0 Å². The second kappa shape index (κ2) is 5.25. The molecule has 5 nitrogen and oxygen atoms in total. The number of aliphatic hydroxyl groups excluding tert-OH is 1. The number of aromatic nitrogens is 2. The predicted molar refractivity (Wildman–Crippen MR) is 69.8 cm³/mol. The summed E-state index contributed by atoms with van der Waals surface area (Å²) in [6.07, 6.45) is 6.65. The topological polar surface area (TPSA) is 66.3 Å². The lowest BCUT2D eigenvalue weighted by atomic mass is 10.1. The lowest BCUT2D eigenvalue weighted by Gasteiger charge is -2.15. The molecule has 1 aromatic heterocycles. The SMILES string of the molecule is O=C(c1ccnc(C2CCCC2)n1)N1CC[C@@H](O)C1. The molecule has 1 saturated heterocycles. The molecule has 1 amide bonds. The highest BCUT2D eigenvalue weighted by Crippen LogP contribution is 2.31. The minimum absolute atomic E-state index is 0.0850. The van der Waals surface area contributed by atoms with E-state index in [1.165, 1.54) is 12.8 Å². The van der Waals surface area contributed by atoms with Gasteiger partial charge in [-0.15, -0.1) is 0 Å². The molecule has 2 heterocycles. The van der Waals surface area contributed by atoms with E-state index in [0.717, 1.165) is 18.7 Å². The summed E-state index contributed by atoms with van der Waals surface area (Å²) in [6.45, 7) is 1.03. The Labute approximate surface area is 112 Å². The van der Waals surface area contributed by atoms with Crippen LogP contribution in [0, 0.1) is 0 Å². The van der Waals surface area contributed by atoms with Crippen molar-refractivity contribution in [2.24, 2.45) is 0 Å². The van der Waals surface area contributed by atoms with Gasteiger partial charge in [-0.05, 0) is 25.3 Å². The first-order valence-electron chi connectivity index (χ1n) is 7.04. The third kappa shape index (κ3) is 2.61. The van der Waals surface area contributed by atoms with E-state index in [1.807, 2.05) is 0 Å². The number of likely N-dealkylation sites (tertiary alicyclic amines) is 1. The molecule has 102 valence electrons. The number of carbonyl (C=O) groups excluding carboxylic acids is 1. The number of amides is 1. The van der Waals surface area contributed by atoms with Crippen LogP contribution in [0.5, 0.6) is 0 Å². The van der Waals surface area contributed by atoms with Crippen LogP contribution in [0.2, 0.25) is 0 Å². The molecule has 0 bridgehead atoms. The Bertz CT molecular complexity index is 472. The predicted octanol–water partition coefficient (Wildman–Crippen LogP) is 1.34. The molecule has 1 N–H and O–H groups in total. The first-order valence-corrected chi connectivity index (χ1v) is 7.04. The van der Waals surface area contributed by atoms with Gasteiger partial charge in [-0.25, -0.2) is 9.97 Å². The molecule has 1 saturated carbocycles. The van der Waals surface area contributed by atoms with Crippen LogP contribution in [-0.4, -0.2) is 45.1 Å². The van der Waals surface area contributed by atoms with E-state index in [4.69, 9.17) is 0 Å². The van der Waals surface area contributed by atoms with Crippen molar-refractivity contribution in [3.05, 3.63) is 23.8 Å². The Hall–Kier alpha value is -1.49. The molecule has 1 aliphatic carbocycles. The van der Waals surface area contributed by atoms with Crippen molar-refractivity contribution in [3.8, 4) is 0 Å². The molecule has 0 spiro atoms. The van der Waals surface area contributed by atoms with Crippen molar-refractivity contribution in [2.45, 2.75) is 44.1 Å². The number of rotatable bonds is 2. The number of hydrogen-bond acceptors (Lipinski definition) is 4. The molecule has 0 unspecified atom stereocenters. The van der Waals surface area contributed by atoms with Crippen molar-refractivity contribution in [1.82, 2.24) is 14.9 Å². The van der Waals surface area contributed by atoms with Gasteiger partial charge in [0.25, 0.3) is 5.91 Å². The number of carbonyl (C=O) groups is 1. The summed E-state index contributed by atoms with van der Waals surface area (Å²) in [4.78, 5) is 22.7. The Morgan fingerprint density at radius 1 is 1.32 bits per heavy atom. The first-order chi connectivity index (χ1) is 9.24. The molecule has 3 rings (SSSR count). The molecule has 2 aliphatic rings. The summed E-state index contributed by atoms with van der Waals surface area (Å²) in [5.74, 6) is 1.14. The van der Waals surface area contributed by atoms with Gasteiger partial charge in [-0.2, -0.15) is 0 Å². The monoisotopic (exact) mass is 261 g/mol. The second-order valence-corrected chi connectivity index (χ2v) is 5.48. The molecular weight excluding hydrogens is 242 g/mol. The van der Waals surface area contributed by atoms with Crippen molar-refractivity contribution in [3.63, 3.8) is 0 Å². The molecule has 0 radical (unpaired) electrons. The van der Waals surface area contributed by atoms with Crippen LogP contribution in [-0.2, 0) is 0 Å². The van der Waals surface area contributed by atoms with Crippen LogP contribution in [0.3, 0.4) is 0 Å². The Morgan fingerprint density at radius 2 is 2.11 bits per heavy atom. The third-order valence-corrected chi connectivity index (χ3v) is 4.06. The van der Waals surface area contributed by atoms with Gasteiger partial charge in [0.05, 0.1) is 6.10 Å². The third-order valence-electron chi connectivity index (χ3n) is 4.06. The van der Waals surface area contributed by atoms with Gasteiger partial charge >= 0.3 is 0 Å². The molecule has 1 atom stereocenters. The molecule has 0 aromatic carbocycles. The summed E-state index contributed by atoms with van der Waals surface area (Å²) in [6, 6.07) is 1.67. The lowest BCUT2D eigenvalue weighted by Crippen LogP contribution is -2.30. The molecule has 19 heavy (non-hydrogen) atoms. The van der Waals surface area contributed by atoms with Crippen molar-refractivity contribution >= 4 is 5.91 Å². The van der Waals surface area contributed by atoms with Gasteiger partial charge in [-0.1, -0.05) is 12.8 Å². The highest BCUT2D eigenvalue weighted by molar-refractivity contribution is 5.92. The van der Waals surface area contributed by atoms with Gasteiger partial charge in [-0.3, -0.25) is 4.79 Å². The number of nitrogens with zero attached hydrogens (tertiary/aromatic N) is 3. The average Bonchev–Trinajstić information content (AvgIpc) is 3.09. The summed E-state index contributed by atoms with van der Waals surface area (Å²) in [5.41, 5.74) is 0.464. The van der Waals surface area contributed by atoms with E-state index in [2.05, 4.69) is 9.97 Å². The lowest BCUT2D eigenvalue weighted by molar-refractivity contribution is 0.0758. The van der Waals surface area contributed by atoms with Gasteiger partial charge in [0.1, 0.15) is 11.5 Å². The highest BCUT2D eigenvalue weighted by atomic mass is 16.3. The fourth-order valence-corrected chi connectivity index (χ4v) is 2.96. The molecule has 5 heteroatoms. The minimum Gasteiger partial charge on any atom is -0.391 e. The fourth-order valence-electron chi connectivity index (χ4n) is 2.96. The zero-order valence-electron chi connectivity index (χ0n) is 11.0. The number of aliphatic hydroxyl groups is 1. The van der Waals surface area contributed by atoms with Gasteiger partial charge in [0.15, 0.2) is 0 Å². The van der Waals surface area contributed by atoms with E-state index in [1.54, 1.807) is 17.2 Å².